The molecule has 7 nitrogen and oxygen atoms in total. The lowest BCUT2D eigenvalue weighted by Crippen LogP contribution is -2.54. The summed E-state index contributed by atoms with van der Waals surface area (Å²) in [6.07, 6.45) is 1.44. The highest BCUT2D eigenvalue weighted by molar-refractivity contribution is 6.39. The minimum Gasteiger partial charge on any atom is -0.490 e. The van der Waals surface area contributed by atoms with E-state index in [1.807, 2.05) is 31.2 Å². The predicted molar refractivity (Wildman–Crippen MR) is 141 cm³/mol. The second-order valence-electron chi connectivity index (χ2n) is 8.36. The van der Waals surface area contributed by atoms with Crippen LogP contribution in [0.3, 0.4) is 0 Å². The number of amides is 4. The van der Waals surface area contributed by atoms with Gasteiger partial charge >= 0.3 is 6.03 Å². The van der Waals surface area contributed by atoms with E-state index in [1.54, 1.807) is 48.5 Å². The number of hydrogen-bond donors (Lipinski definition) is 1. The molecule has 0 radical (unpaired) electrons. The Morgan fingerprint density at radius 1 is 0.811 bits per heavy atom. The van der Waals surface area contributed by atoms with Gasteiger partial charge in [-0.1, -0.05) is 66.7 Å². The Kier molecular flexibility index (Phi) is 6.68. The Hall–Kier alpha value is -4.91. The van der Waals surface area contributed by atoms with Crippen LogP contribution in [0.1, 0.15) is 18.1 Å². The highest BCUT2D eigenvalue weighted by Gasteiger charge is 2.36. The van der Waals surface area contributed by atoms with Gasteiger partial charge in [-0.15, -0.1) is 0 Å². The number of urea groups is 1. The van der Waals surface area contributed by atoms with Crippen LogP contribution in [0.5, 0.6) is 11.5 Å². The lowest BCUT2D eigenvalue weighted by molar-refractivity contribution is -0.122. The van der Waals surface area contributed by atoms with Crippen LogP contribution in [0.4, 0.5) is 10.5 Å². The number of carbonyl (C=O) groups excluding carboxylic acids is 3. The van der Waals surface area contributed by atoms with Crippen LogP contribution in [0.15, 0.2) is 96.6 Å². The number of fused-ring (bicyclic) bond motifs is 1. The van der Waals surface area contributed by atoms with Crippen molar-refractivity contribution in [3.05, 3.63) is 108 Å². The Morgan fingerprint density at radius 3 is 2.38 bits per heavy atom. The maximum atomic E-state index is 13.1. The van der Waals surface area contributed by atoms with Crippen LogP contribution in [0.2, 0.25) is 0 Å². The number of para-hydroxylation sites is 1. The van der Waals surface area contributed by atoms with Gasteiger partial charge in [0.2, 0.25) is 0 Å². The molecule has 1 aliphatic heterocycles. The number of rotatable bonds is 7. The molecule has 0 aromatic heterocycles. The molecule has 0 bridgehead atoms. The molecule has 1 N–H and O–H groups in total. The fraction of sp³-hybridized carbons (Fsp3) is 0.100. The molecule has 1 aliphatic rings. The van der Waals surface area contributed by atoms with E-state index >= 15 is 0 Å². The molecule has 0 spiro atoms. The Labute approximate surface area is 213 Å². The monoisotopic (exact) mass is 492 g/mol. The number of anilines is 1. The molecule has 4 aromatic carbocycles. The van der Waals surface area contributed by atoms with Gasteiger partial charge in [0.1, 0.15) is 12.2 Å². The smallest absolute Gasteiger partial charge is 0.335 e. The van der Waals surface area contributed by atoms with Crippen LogP contribution < -0.4 is 19.7 Å². The molecule has 4 amide bonds. The van der Waals surface area contributed by atoms with E-state index < -0.39 is 17.8 Å². The van der Waals surface area contributed by atoms with E-state index in [0.717, 1.165) is 21.2 Å². The molecule has 7 heteroatoms. The topological polar surface area (TPSA) is 84.9 Å². The lowest BCUT2D eigenvalue weighted by atomic mass is 10.1. The van der Waals surface area contributed by atoms with Gasteiger partial charge < -0.3 is 9.47 Å². The number of carbonyl (C=O) groups is 3. The van der Waals surface area contributed by atoms with Gasteiger partial charge in [-0.2, -0.15) is 0 Å². The predicted octanol–water partition coefficient (Wildman–Crippen LogP) is 5.48. The number of nitrogens with one attached hydrogen (secondary N) is 1. The molecule has 4 aromatic rings. The second-order valence-corrected chi connectivity index (χ2v) is 8.36. The fourth-order valence-corrected chi connectivity index (χ4v) is 4.21. The van der Waals surface area contributed by atoms with Crippen molar-refractivity contribution in [2.45, 2.75) is 13.5 Å². The fourth-order valence-electron chi connectivity index (χ4n) is 4.21. The van der Waals surface area contributed by atoms with E-state index in [4.69, 9.17) is 9.47 Å². The van der Waals surface area contributed by atoms with E-state index in [1.165, 1.54) is 6.08 Å². The first kappa shape index (κ1) is 23.8. The summed E-state index contributed by atoms with van der Waals surface area (Å²) in [5.41, 5.74) is 1.81. The third-order valence-corrected chi connectivity index (χ3v) is 5.96. The number of hydrogen-bond acceptors (Lipinski definition) is 5. The van der Waals surface area contributed by atoms with Crippen molar-refractivity contribution in [2.24, 2.45) is 0 Å². The van der Waals surface area contributed by atoms with Gasteiger partial charge in [0.25, 0.3) is 11.8 Å². The van der Waals surface area contributed by atoms with E-state index in [9.17, 15) is 14.4 Å². The lowest BCUT2D eigenvalue weighted by Gasteiger charge is -2.26. The summed E-state index contributed by atoms with van der Waals surface area (Å²) in [4.78, 5) is 39.0. The van der Waals surface area contributed by atoms with Crippen molar-refractivity contribution in [1.29, 1.82) is 0 Å². The summed E-state index contributed by atoms with van der Waals surface area (Å²) in [6.45, 7) is 2.61. The molecule has 0 unspecified atom stereocenters. The molecule has 0 aliphatic carbocycles. The van der Waals surface area contributed by atoms with Gasteiger partial charge in [0.15, 0.2) is 11.5 Å². The van der Waals surface area contributed by atoms with Gasteiger partial charge in [-0.25, -0.2) is 9.69 Å². The van der Waals surface area contributed by atoms with Crippen molar-refractivity contribution in [3.63, 3.8) is 0 Å². The molecule has 184 valence electrons. The van der Waals surface area contributed by atoms with Gasteiger partial charge in [-0.05, 0) is 59.2 Å². The minimum absolute atomic E-state index is 0.157. The minimum atomic E-state index is -0.787. The van der Waals surface area contributed by atoms with E-state index in [0.29, 0.717) is 36.0 Å². The largest absolute Gasteiger partial charge is 0.490 e. The average Bonchev–Trinajstić information content (AvgIpc) is 2.91. The SMILES string of the molecule is CCOc1cc(/C=C2\C(=O)NC(=O)N(c3ccccc3)C2=O)ccc1OCc1cccc2ccccc12. The Bertz CT molecular complexity index is 1520. The second kappa shape index (κ2) is 10.4. The first-order valence-corrected chi connectivity index (χ1v) is 11.9. The third-order valence-electron chi connectivity index (χ3n) is 5.96. The maximum Gasteiger partial charge on any atom is 0.335 e. The summed E-state index contributed by atoms with van der Waals surface area (Å²) >= 11 is 0. The zero-order valence-corrected chi connectivity index (χ0v) is 20.1. The third kappa shape index (κ3) is 4.92. The molecule has 5 rings (SSSR count). The van der Waals surface area contributed by atoms with Crippen LogP contribution in [0, 0.1) is 0 Å². The number of benzene rings is 4. The molecular weight excluding hydrogens is 468 g/mol. The van der Waals surface area contributed by atoms with Crippen LogP contribution in [0.25, 0.3) is 16.8 Å². The highest BCUT2D eigenvalue weighted by Crippen LogP contribution is 2.31. The standard InChI is InChI=1S/C30H24N2O5/c1-2-36-27-18-20(15-16-26(27)37-19-22-11-8-10-21-9-6-7-14-24(21)22)17-25-28(33)31-30(35)32(29(25)34)23-12-4-3-5-13-23/h3-18H,2,19H2,1H3,(H,31,33,35)/b25-17+. The van der Waals surface area contributed by atoms with Crippen molar-refractivity contribution in [1.82, 2.24) is 5.32 Å². The molecule has 1 heterocycles. The number of barbiturate groups is 1. The molecule has 0 atom stereocenters. The van der Waals surface area contributed by atoms with Crippen LogP contribution in [-0.4, -0.2) is 24.5 Å². The molecule has 0 saturated carbocycles. The quantitative estimate of drug-likeness (QED) is 0.273. The van der Waals surface area contributed by atoms with Crippen molar-refractivity contribution < 1.29 is 23.9 Å². The van der Waals surface area contributed by atoms with Crippen molar-refractivity contribution in [3.8, 4) is 11.5 Å². The van der Waals surface area contributed by atoms with Gasteiger partial charge in [-0.3, -0.25) is 14.9 Å². The van der Waals surface area contributed by atoms with Gasteiger partial charge in [0, 0.05) is 0 Å². The van der Waals surface area contributed by atoms with Crippen LogP contribution >= 0.6 is 0 Å². The summed E-state index contributed by atoms with van der Waals surface area (Å²) in [5.74, 6) is -0.431. The summed E-state index contributed by atoms with van der Waals surface area (Å²) < 4.78 is 11.9. The van der Waals surface area contributed by atoms with Crippen LogP contribution in [-0.2, 0) is 16.2 Å². The maximum absolute atomic E-state index is 13.1. The number of nitrogens with zero attached hydrogens (tertiary/aromatic N) is 1. The number of ether oxygens (including phenoxy) is 2. The van der Waals surface area contributed by atoms with Crippen molar-refractivity contribution in [2.75, 3.05) is 11.5 Å². The van der Waals surface area contributed by atoms with E-state index in [-0.39, 0.29) is 5.57 Å². The Balaban J connectivity index is 1.42. The first-order valence-electron chi connectivity index (χ1n) is 11.9. The van der Waals surface area contributed by atoms with E-state index in [2.05, 4.69) is 23.5 Å². The molecule has 1 fully saturated rings. The van der Waals surface area contributed by atoms with Gasteiger partial charge in [0.05, 0.1) is 12.3 Å². The summed E-state index contributed by atoms with van der Waals surface area (Å²) in [5, 5.41) is 4.48. The highest BCUT2D eigenvalue weighted by atomic mass is 16.5. The normalized spacial score (nSPS) is 14.7. The van der Waals surface area contributed by atoms with Crippen molar-refractivity contribution >= 4 is 40.4 Å². The Morgan fingerprint density at radius 2 is 1.57 bits per heavy atom. The molecule has 37 heavy (non-hydrogen) atoms. The average molecular weight is 493 g/mol. The zero-order valence-electron chi connectivity index (χ0n) is 20.1. The summed E-state index contributed by atoms with van der Waals surface area (Å²) in [6, 6.07) is 27.0. The molecular formula is C30H24N2O5. The first-order chi connectivity index (χ1) is 18.0. The zero-order chi connectivity index (χ0) is 25.8. The molecule has 1 saturated heterocycles. The number of imide groups is 2. The summed E-state index contributed by atoms with van der Waals surface area (Å²) in [7, 11) is 0.